The molecule has 0 unspecified atom stereocenters. The Morgan fingerprint density at radius 3 is 2.47 bits per heavy atom. The number of hydrogen-bond donors (Lipinski definition) is 1. The Kier molecular flexibility index (Phi) is 2.66. The minimum atomic E-state index is -1.45. The molecule has 3 nitrogen and oxygen atoms in total. The van der Waals surface area contributed by atoms with Gasteiger partial charge in [0.15, 0.2) is 23.1 Å². The minimum absolute atomic E-state index is 0.284. The summed E-state index contributed by atoms with van der Waals surface area (Å²) in [4.78, 5) is 14.0. The number of nitrogens with zero attached hydrogens (tertiary/aromatic N) is 1. The van der Waals surface area contributed by atoms with Crippen LogP contribution < -0.4 is 0 Å². The van der Waals surface area contributed by atoms with Gasteiger partial charge in [-0.2, -0.15) is 0 Å². The van der Waals surface area contributed by atoms with Crippen LogP contribution in [-0.4, -0.2) is 16.1 Å². The van der Waals surface area contributed by atoms with E-state index < -0.39 is 45.0 Å². The third kappa shape index (κ3) is 1.80. The van der Waals surface area contributed by atoms with E-state index in [1.807, 2.05) is 0 Å². The van der Waals surface area contributed by atoms with Crippen molar-refractivity contribution in [2.24, 2.45) is 0 Å². The monoisotopic (exact) mass is 261 g/mol. The molecule has 0 saturated carbocycles. The van der Waals surface area contributed by atoms with Gasteiger partial charge in [0.05, 0.1) is 10.4 Å². The van der Waals surface area contributed by atoms with Crippen molar-refractivity contribution >= 4 is 28.5 Å². The number of carboxylic acids is 1. The van der Waals surface area contributed by atoms with E-state index in [1.165, 1.54) is 0 Å². The Morgan fingerprint density at radius 1 is 1.24 bits per heavy atom. The molecule has 0 amide bonds. The first-order valence-electron chi connectivity index (χ1n) is 4.29. The van der Waals surface area contributed by atoms with E-state index in [-0.39, 0.29) is 6.07 Å². The molecule has 7 heteroatoms. The van der Waals surface area contributed by atoms with Crippen molar-refractivity contribution in [2.75, 3.05) is 0 Å². The van der Waals surface area contributed by atoms with Gasteiger partial charge in [0.2, 0.25) is 0 Å². The number of carboxylic acid groups (broad SMARTS) is 1. The number of pyridine rings is 1. The molecule has 0 bridgehead atoms. The molecule has 0 radical (unpaired) electrons. The molecule has 1 heterocycles. The SMILES string of the molecule is O=C(O)c1cc(Cl)c2c(F)c(F)cc(F)c2n1. The van der Waals surface area contributed by atoms with Gasteiger partial charge in [-0.05, 0) is 6.07 Å². The van der Waals surface area contributed by atoms with Crippen molar-refractivity contribution in [2.45, 2.75) is 0 Å². The minimum Gasteiger partial charge on any atom is -0.477 e. The number of fused-ring (bicyclic) bond motifs is 1. The zero-order valence-corrected chi connectivity index (χ0v) is 8.73. The molecule has 0 aliphatic carbocycles. The number of halogens is 4. The van der Waals surface area contributed by atoms with Gasteiger partial charge in [0.25, 0.3) is 0 Å². The largest absolute Gasteiger partial charge is 0.477 e. The second kappa shape index (κ2) is 3.89. The first kappa shape index (κ1) is 11.7. The maximum Gasteiger partial charge on any atom is 0.354 e. The molecule has 2 aromatic rings. The van der Waals surface area contributed by atoms with Crippen LogP contribution in [0.15, 0.2) is 12.1 Å². The third-order valence-electron chi connectivity index (χ3n) is 2.10. The van der Waals surface area contributed by atoms with Crippen LogP contribution in [0.4, 0.5) is 13.2 Å². The lowest BCUT2D eigenvalue weighted by Crippen LogP contribution is -2.03. The summed E-state index contributed by atoms with van der Waals surface area (Å²) in [5, 5.41) is 7.68. The molecule has 88 valence electrons. The van der Waals surface area contributed by atoms with Crippen molar-refractivity contribution in [3.05, 3.63) is 40.3 Å². The number of aromatic carboxylic acids is 1. The topological polar surface area (TPSA) is 50.2 Å². The molecule has 0 fully saturated rings. The van der Waals surface area contributed by atoms with Crippen molar-refractivity contribution in [3.63, 3.8) is 0 Å². The van der Waals surface area contributed by atoms with E-state index in [2.05, 4.69) is 4.98 Å². The smallest absolute Gasteiger partial charge is 0.354 e. The van der Waals surface area contributed by atoms with Crippen LogP contribution in [0.5, 0.6) is 0 Å². The first-order valence-corrected chi connectivity index (χ1v) is 4.66. The van der Waals surface area contributed by atoms with Crippen LogP contribution in [0.2, 0.25) is 5.02 Å². The summed E-state index contributed by atoms with van der Waals surface area (Å²) in [6, 6.07) is 1.11. The van der Waals surface area contributed by atoms with Crippen molar-refractivity contribution in [3.8, 4) is 0 Å². The fourth-order valence-electron chi connectivity index (χ4n) is 1.37. The highest BCUT2D eigenvalue weighted by atomic mass is 35.5. The van der Waals surface area contributed by atoms with E-state index in [0.29, 0.717) is 0 Å². The molecular formula is C10H3ClF3NO2. The maximum absolute atomic E-state index is 13.4. The molecule has 0 atom stereocenters. The molecule has 0 spiro atoms. The molecule has 17 heavy (non-hydrogen) atoms. The standard InChI is InChI=1S/C10H3ClF3NO2/c11-3-1-6(10(16)17)15-9-5(13)2-4(12)8(14)7(3)9/h1-2H,(H,16,17). The highest BCUT2D eigenvalue weighted by Crippen LogP contribution is 2.29. The van der Waals surface area contributed by atoms with E-state index in [4.69, 9.17) is 16.7 Å². The zero-order chi connectivity index (χ0) is 12.7. The van der Waals surface area contributed by atoms with Gasteiger partial charge in [-0.1, -0.05) is 11.6 Å². The Morgan fingerprint density at radius 2 is 1.88 bits per heavy atom. The molecule has 1 aromatic heterocycles. The number of carbonyl (C=O) groups is 1. The molecule has 1 N–H and O–H groups in total. The molecule has 2 rings (SSSR count). The lowest BCUT2D eigenvalue weighted by atomic mass is 10.1. The van der Waals surface area contributed by atoms with Crippen molar-refractivity contribution in [1.29, 1.82) is 0 Å². The predicted octanol–water partition coefficient (Wildman–Crippen LogP) is 3.00. The van der Waals surface area contributed by atoms with Gasteiger partial charge < -0.3 is 5.11 Å². The van der Waals surface area contributed by atoms with Crippen molar-refractivity contribution in [1.82, 2.24) is 4.98 Å². The van der Waals surface area contributed by atoms with Crippen LogP contribution in [0.1, 0.15) is 10.5 Å². The zero-order valence-electron chi connectivity index (χ0n) is 7.97. The van der Waals surface area contributed by atoms with Gasteiger partial charge in [0, 0.05) is 6.07 Å². The summed E-state index contributed by atoms with van der Waals surface area (Å²) in [7, 11) is 0. The van der Waals surface area contributed by atoms with E-state index in [1.54, 1.807) is 0 Å². The van der Waals surface area contributed by atoms with Crippen LogP contribution in [0.3, 0.4) is 0 Å². The molecule has 0 aliphatic heterocycles. The van der Waals surface area contributed by atoms with Crippen LogP contribution >= 0.6 is 11.6 Å². The summed E-state index contributed by atoms with van der Waals surface area (Å²) in [5.41, 5.74) is -1.17. The molecular weight excluding hydrogens is 259 g/mol. The summed E-state index contributed by atoms with van der Waals surface area (Å²) in [5.74, 6) is -5.40. The predicted molar refractivity (Wildman–Crippen MR) is 53.6 cm³/mol. The number of rotatable bonds is 1. The summed E-state index contributed by atoms with van der Waals surface area (Å²) in [6.45, 7) is 0. The van der Waals surface area contributed by atoms with Crippen LogP contribution in [-0.2, 0) is 0 Å². The lowest BCUT2D eigenvalue weighted by Gasteiger charge is -2.05. The third-order valence-corrected chi connectivity index (χ3v) is 2.40. The second-order valence-electron chi connectivity index (χ2n) is 3.17. The lowest BCUT2D eigenvalue weighted by molar-refractivity contribution is 0.0691. The Balaban J connectivity index is 2.95. The van der Waals surface area contributed by atoms with Gasteiger partial charge >= 0.3 is 5.97 Å². The molecule has 0 saturated heterocycles. The molecule has 1 aromatic carbocycles. The summed E-state index contributed by atoms with van der Waals surface area (Å²) < 4.78 is 39.6. The van der Waals surface area contributed by atoms with Gasteiger partial charge in [0.1, 0.15) is 5.52 Å². The van der Waals surface area contributed by atoms with Crippen LogP contribution in [0, 0.1) is 17.5 Å². The normalized spacial score (nSPS) is 10.8. The van der Waals surface area contributed by atoms with E-state index in [9.17, 15) is 18.0 Å². The van der Waals surface area contributed by atoms with Crippen molar-refractivity contribution < 1.29 is 23.1 Å². The second-order valence-corrected chi connectivity index (χ2v) is 3.58. The fourth-order valence-corrected chi connectivity index (χ4v) is 1.64. The summed E-state index contributed by atoms with van der Waals surface area (Å²) in [6.07, 6.45) is 0. The first-order chi connectivity index (χ1) is 7.91. The van der Waals surface area contributed by atoms with Gasteiger partial charge in [-0.15, -0.1) is 0 Å². The quantitative estimate of drug-likeness (QED) is 0.803. The number of benzene rings is 1. The highest BCUT2D eigenvalue weighted by Gasteiger charge is 2.19. The number of aromatic nitrogens is 1. The van der Waals surface area contributed by atoms with Gasteiger partial charge in [-0.3, -0.25) is 0 Å². The summed E-state index contributed by atoms with van der Waals surface area (Å²) >= 11 is 5.58. The highest BCUT2D eigenvalue weighted by molar-refractivity contribution is 6.35. The maximum atomic E-state index is 13.4. The number of hydrogen-bond acceptors (Lipinski definition) is 2. The van der Waals surface area contributed by atoms with Gasteiger partial charge in [-0.25, -0.2) is 22.9 Å². The average Bonchev–Trinajstić information content (AvgIpc) is 2.25. The van der Waals surface area contributed by atoms with E-state index >= 15 is 0 Å². The fraction of sp³-hybridized carbons (Fsp3) is 0. The average molecular weight is 262 g/mol. The molecule has 0 aliphatic rings. The van der Waals surface area contributed by atoms with Crippen LogP contribution in [0.25, 0.3) is 10.9 Å². The van der Waals surface area contributed by atoms with E-state index in [0.717, 1.165) is 6.07 Å². The Hall–Kier alpha value is -1.82. The Bertz CT molecular complexity index is 645. The Labute approximate surface area is 97.5 Å².